The third-order valence-electron chi connectivity index (χ3n) is 4.10. The number of alkyl halides is 5. The van der Waals surface area contributed by atoms with Crippen molar-refractivity contribution in [3.05, 3.63) is 34.8 Å². The lowest BCUT2D eigenvalue weighted by Gasteiger charge is -2.04. The van der Waals surface area contributed by atoms with Gasteiger partial charge in [-0.15, -0.1) is 0 Å². The first-order chi connectivity index (χ1) is 11.9. The first kappa shape index (κ1) is 20.3. The normalized spacial score (nSPS) is 22.0. The summed E-state index contributed by atoms with van der Waals surface area (Å²) in [6, 6.07) is 2.33. The molecular weight excluding hydrogens is 383 g/mol. The SMILES string of the molecule is CC1(C)[C@H](C=C(Cl)C(F)(F)F)[C@H]1C(=O)OCC#Cc1ccc(C(F)F)o1. The Labute approximate surface area is 151 Å². The van der Waals surface area contributed by atoms with Gasteiger partial charge in [-0.25, -0.2) is 8.78 Å². The average Bonchev–Trinajstić information content (AvgIpc) is 2.87. The van der Waals surface area contributed by atoms with Crippen LogP contribution in [0.4, 0.5) is 22.0 Å². The fraction of sp³-hybridized carbons (Fsp3) is 0.471. The molecule has 1 aliphatic rings. The highest BCUT2D eigenvalue weighted by molar-refractivity contribution is 6.30. The van der Waals surface area contributed by atoms with Crippen molar-refractivity contribution in [1.29, 1.82) is 0 Å². The molecule has 2 rings (SSSR count). The highest BCUT2D eigenvalue weighted by Gasteiger charge is 2.62. The molecule has 3 nitrogen and oxygen atoms in total. The molecule has 1 aromatic rings. The Hall–Kier alpha value is -2.01. The minimum Gasteiger partial charge on any atom is -0.452 e. The molecule has 1 heterocycles. The molecule has 9 heteroatoms. The highest BCUT2D eigenvalue weighted by Crippen LogP contribution is 2.60. The number of ether oxygens (including phenoxy) is 1. The number of rotatable bonds is 4. The van der Waals surface area contributed by atoms with Gasteiger partial charge in [-0.05, 0) is 29.4 Å². The minimum absolute atomic E-state index is 0.0131. The molecule has 0 N–H and O–H groups in total. The Morgan fingerprint density at radius 2 is 2.08 bits per heavy atom. The minimum atomic E-state index is -4.67. The molecule has 0 bridgehead atoms. The topological polar surface area (TPSA) is 39.4 Å². The lowest BCUT2D eigenvalue weighted by Crippen LogP contribution is -2.11. The highest BCUT2D eigenvalue weighted by atomic mass is 35.5. The quantitative estimate of drug-likeness (QED) is 0.405. The maximum Gasteiger partial charge on any atom is 0.426 e. The molecule has 0 radical (unpaired) electrons. The van der Waals surface area contributed by atoms with Crippen molar-refractivity contribution in [1.82, 2.24) is 0 Å². The summed E-state index contributed by atoms with van der Waals surface area (Å²) < 4.78 is 71.8. The van der Waals surface area contributed by atoms with E-state index in [1.165, 1.54) is 6.07 Å². The van der Waals surface area contributed by atoms with Gasteiger partial charge >= 0.3 is 12.1 Å². The molecule has 0 amide bonds. The maximum atomic E-state index is 12.5. The second-order valence-corrected chi connectivity index (χ2v) is 6.66. The lowest BCUT2D eigenvalue weighted by molar-refractivity contribution is -0.144. The number of esters is 1. The number of allylic oxidation sites excluding steroid dienone is 2. The maximum absolute atomic E-state index is 12.5. The fourth-order valence-electron chi connectivity index (χ4n) is 2.55. The summed E-state index contributed by atoms with van der Waals surface area (Å²) in [6.07, 6.45) is -6.61. The fourth-order valence-corrected chi connectivity index (χ4v) is 2.68. The van der Waals surface area contributed by atoms with Gasteiger partial charge in [0.15, 0.2) is 18.1 Å². The van der Waals surface area contributed by atoms with Crippen LogP contribution >= 0.6 is 11.6 Å². The molecule has 1 saturated carbocycles. The van der Waals surface area contributed by atoms with Crippen LogP contribution in [0.1, 0.15) is 31.8 Å². The Balaban J connectivity index is 1.91. The molecule has 1 aromatic heterocycles. The van der Waals surface area contributed by atoms with Crippen molar-refractivity contribution >= 4 is 17.6 Å². The third kappa shape index (κ3) is 4.58. The number of hydrogen-bond donors (Lipinski definition) is 0. The van der Waals surface area contributed by atoms with Crippen LogP contribution in [0.3, 0.4) is 0 Å². The Morgan fingerprint density at radius 3 is 2.62 bits per heavy atom. The number of carbonyl (C=O) groups is 1. The van der Waals surface area contributed by atoms with E-state index in [-0.39, 0.29) is 12.4 Å². The number of furan rings is 1. The molecule has 26 heavy (non-hydrogen) atoms. The van der Waals surface area contributed by atoms with Gasteiger partial charge in [-0.3, -0.25) is 4.79 Å². The zero-order valence-corrected chi connectivity index (χ0v) is 14.4. The second-order valence-electron chi connectivity index (χ2n) is 6.25. The largest absolute Gasteiger partial charge is 0.452 e. The van der Waals surface area contributed by atoms with E-state index in [0.717, 1.165) is 12.1 Å². The zero-order chi connectivity index (χ0) is 19.7. The predicted octanol–water partition coefficient (Wildman–Crippen LogP) is 5.07. The smallest absolute Gasteiger partial charge is 0.426 e. The molecular formula is C17H14ClF5O3. The van der Waals surface area contributed by atoms with Gasteiger partial charge in [-0.1, -0.05) is 37.4 Å². The van der Waals surface area contributed by atoms with Crippen molar-refractivity contribution < 1.29 is 35.9 Å². The third-order valence-corrected chi connectivity index (χ3v) is 4.44. The van der Waals surface area contributed by atoms with Gasteiger partial charge in [-0.2, -0.15) is 13.2 Å². The first-order valence-electron chi connectivity index (χ1n) is 7.42. The molecule has 0 unspecified atom stereocenters. The molecule has 0 aromatic carbocycles. The van der Waals surface area contributed by atoms with Crippen LogP contribution in [0.15, 0.2) is 27.7 Å². The molecule has 2 atom stereocenters. The monoisotopic (exact) mass is 396 g/mol. The summed E-state index contributed by atoms with van der Waals surface area (Å²) in [5.41, 5.74) is -0.719. The Morgan fingerprint density at radius 1 is 1.42 bits per heavy atom. The molecule has 0 saturated heterocycles. The summed E-state index contributed by atoms with van der Waals surface area (Å²) in [5.74, 6) is 2.12. The van der Waals surface area contributed by atoms with Crippen LogP contribution in [0.25, 0.3) is 0 Å². The van der Waals surface area contributed by atoms with Crippen molar-refractivity contribution in [2.75, 3.05) is 6.61 Å². The van der Waals surface area contributed by atoms with Crippen LogP contribution < -0.4 is 0 Å². The molecule has 1 aliphatic carbocycles. The van der Waals surface area contributed by atoms with Crippen LogP contribution in [0.2, 0.25) is 0 Å². The first-order valence-corrected chi connectivity index (χ1v) is 7.80. The lowest BCUT2D eigenvalue weighted by atomic mass is 10.1. The summed E-state index contributed by atoms with van der Waals surface area (Å²) in [5, 5.41) is -1.28. The molecule has 1 fully saturated rings. The molecule has 0 spiro atoms. The summed E-state index contributed by atoms with van der Waals surface area (Å²) >= 11 is 5.21. The number of carbonyl (C=O) groups excluding carboxylic acids is 1. The summed E-state index contributed by atoms with van der Waals surface area (Å²) in [4.78, 5) is 12.0. The van der Waals surface area contributed by atoms with Crippen LogP contribution in [-0.4, -0.2) is 18.8 Å². The van der Waals surface area contributed by atoms with Crippen LogP contribution in [0, 0.1) is 29.1 Å². The second kappa shape index (κ2) is 7.31. The molecule has 0 aliphatic heterocycles. The van der Waals surface area contributed by atoms with E-state index in [0.29, 0.717) is 0 Å². The van der Waals surface area contributed by atoms with E-state index in [4.69, 9.17) is 20.8 Å². The van der Waals surface area contributed by atoms with Crippen molar-refractivity contribution in [3.63, 3.8) is 0 Å². The van der Waals surface area contributed by atoms with E-state index >= 15 is 0 Å². The molecule has 142 valence electrons. The summed E-state index contributed by atoms with van der Waals surface area (Å²) in [6.45, 7) is 2.90. The van der Waals surface area contributed by atoms with Crippen LogP contribution in [0.5, 0.6) is 0 Å². The number of hydrogen-bond acceptors (Lipinski definition) is 3. The van der Waals surface area contributed by atoms with Crippen molar-refractivity contribution in [3.8, 4) is 11.8 Å². The van der Waals surface area contributed by atoms with Crippen LogP contribution in [-0.2, 0) is 9.53 Å². The number of halogens is 6. The van der Waals surface area contributed by atoms with Crippen molar-refractivity contribution in [2.24, 2.45) is 17.3 Å². The predicted molar refractivity (Wildman–Crippen MR) is 82.3 cm³/mol. The Bertz CT molecular complexity index is 767. The van der Waals surface area contributed by atoms with E-state index < -0.39 is 46.6 Å². The van der Waals surface area contributed by atoms with Crippen molar-refractivity contribution in [2.45, 2.75) is 26.4 Å². The van der Waals surface area contributed by atoms with Gasteiger partial charge in [0.25, 0.3) is 6.43 Å². The van der Waals surface area contributed by atoms with Gasteiger partial charge < -0.3 is 9.15 Å². The Kier molecular flexibility index (Phi) is 5.71. The van der Waals surface area contributed by atoms with E-state index in [1.54, 1.807) is 13.8 Å². The van der Waals surface area contributed by atoms with E-state index in [2.05, 4.69) is 11.8 Å². The standard InChI is InChI=1S/C17H14ClF5O3/c1-16(2)10(8-12(18)17(21,22)23)13(16)15(24)25-7-3-4-9-5-6-11(26-9)14(19)20/h5-6,8,10,13-14H,7H2,1-2H3/t10-,13+/m1/s1. The summed E-state index contributed by atoms with van der Waals surface area (Å²) in [7, 11) is 0. The average molecular weight is 397 g/mol. The van der Waals surface area contributed by atoms with Gasteiger partial charge in [0, 0.05) is 0 Å². The van der Waals surface area contributed by atoms with E-state index in [1.807, 2.05) is 0 Å². The van der Waals surface area contributed by atoms with Gasteiger partial charge in [0.2, 0.25) is 0 Å². The zero-order valence-electron chi connectivity index (χ0n) is 13.7. The van der Waals surface area contributed by atoms with Gasteiger partial charge in [0.1, 0.15) is 5.03 Å². The van der Waals surface area contributed by atoms with Gasteiger partial charge in [0.05, 0.1) is 5.92 Å². The van der Waals surface area contributed by atoms with E-state index in [9.17, 15) is 26.7 Å².